The van der Waals surface area contributed by atoms with E-state index in [0.29, 0.717) is 37.1 Å². The summed E-state index contributed by atoms with van der Waals surface area (Å²) in [5, 5.41) is 4.09. The summed E-state index contributed by atoms with van der Waals surface area (Å²) in [6, 6.07) is 11.5. The lowest BCUT2D eigenvalue weighted by atomic mass is 10.2. The van der Waals surface area contributed by atoms with Crippen LogP contribution in [-0.2, 0) is 6.54 Å². The van der Waals surface area contributed by atoms with Crippen LogP contribution < -0.4 is 0 Å². The van der Waals surface area contributed by atoms with Gasteiger partial charge in [-0.3, -0.25) is 9.69 Å². The molecule has 27 heavy (non-hydrogen) atoms. The van der Waals surface area contributed by atoms with E-state index in [1.54, 1.807) is 23.9 Å². The SMILES string of the molecule is CSc1ccc(-c2noc(CN3CCN(C(=O)c4ccco4)CC3)n2)cc1. The van der Waals surface area contributed by atoms with Gasteiger partial charge in [-0.15, -0.1) is 11.8 Å². The molecular weight excluding hydrogens is 364 g/mol. The highest BCUT2D eigenvalue weighted by atomic mass is 32.2. The molecule has 1 saturated heterocycles. The molecule has 0 unspecified atom stereocenters. The zero-order valence-corrected chi connectivity index (χ0v) is 15.8. The minimum absolute atomic E-state index is 0.0617. The first-order chi connectivity index (χ1) is 13.2. The van der Waals surface area contributed by atoms with Gasteiger partial charge >= 0.3 is 0 Å². The summed E-state index contributed by atoms with van der Waals surface area (Å²) in [4.78, 5) is 22.0. The normalized spacial score (nSPS) is 15.2. The van der Waals surface area contributed by atoms with Crippen molar-refractivity contribution in [2.75, 3.05) is 32.4 Å². The molecule has 1 amide bonds. The van der Waals surface area contributed by atoms with Crippen LogP contribution in [0.3, 0.4) is 0 Å². The molecule has 8 heteroatoms. The lowest BCUT2D eigenvalue weighted by molar-refractivity contribution is 0.0585. The largest absolute Gasteiger partial charge is 0.459 e. The average molecular weight is 384 g/mol. The van der Waals surface area contributed by atoms with E-state index in [1.165, 1.54) is 11.2 Å². The molecule has 0 saturated carbocycles. The number of hydrogen-bond donors (Lipinski definition) is 0. The second-order valence-corrected chi connectivity index (χ2v) is 7.17. The third kappa shape index (κ3) is 4.06. The number of piperazine rings is 1. The predicted molar refractivity (Wildman–Crippen MR) is 101 cm³/mol. The first-order valence-corrected chi connectivity index (χ1v) is 9.97. The molecule has 3 heterocycles. The minimum atomic E-state index is -0.0617. The van der Waals surface area contributed by atoms with Crippen molar-refractivity contribution in [2.24, 2.45) is 0 Å². The van der Waals surface area contributed by atoms with Gasteiger partial charge in [-0.05, 0) is 42.7 Å². The molecule has 7 nitrogen and oxygen atoms in total. The summed E-state index contributed by atoms with van der Waals surface area (Å²) in [7, 11) is 0. The number of aromatic nitrogens is 2. The van der Waals surface area contributed by atoms with E-state index in [1.807, 2.05) is 35.4 Å². The highest BCUT2D eigenvalue weighted by Gasteiger charge is 2.24. The summed E-state index contributed by atoms with van der Waals surface area (Å²) in [6.45, 7) is 3.39. The van der Waals surface area contributed by atoms with Crippen LogP contribution in [-0.4, -0.2) is 58.3 Å². The predicted octanol–water partition coefficient (Wildman–Crippen LogP) is 3.01. The van der Waals surface area contributed by atoms with E-state index in [-0.39, 0.29) is 5.91 Å². The monoisotopic (exact) mass is 384 g/mol. The summed E-state index contributed by atoms with van der Waals surface area (Å²) in [6.07, 6.45) is 3.56. The lowest BCUT2D eigenvalue weighted by Crippen LogP contribution is -2.48. The highest BCUT2D eigenvalue weighted by Crippen LogP contribution is 2.21. The highest BCUT2D eigenvalue weighted by molar-refractivity contribution is 7.98. The third-order valence-electron chi connectivity index (χ3n) is 4.57. The van der Waals surface area contributed by atoms with Crippen molar-refractivity contribution in [3.05, 3.63) is 54.3 Å². The van der Waals surface area contributed by atoms with Gasteiger partial charge < -0.3 is 13.8 Å². The molecule has 140 valence electrons. The smallest absolute Gasteiger partial charge is 0.289 e. The Kier molecular flexibility index (Phi) is 5.26. The Balaban J connectivity index is 1.33. The fourth-order valence-electron chi connectivity index (χ4n) is 3.03. The Bertz CT molecular complexity index is 884. The maximum Gasteiger partial charge on any atom is 0.289 e. The number of amides is 1. The van der Waals surface area contributed by atoms with Crippen LogP contribution >= 0.6 is 11.8 Å². The molecule has 1 aliphatic rings. The minimum Gasteiger partial charge on any atom is -0.459 e. The van der Waals surface area contributed by atoms with Gasteiger partial charge in [0.25, 0.3) is 5.91 Å². The molecular formula is C19H20N4O3S. The van der Waals surface area contributed by atoms with Gasteiger partial charge in [0.15, 0.2) is 5.76 Å². The summed E-state index contributed by atoms with van der Waals surface area (Å²) in [5.41, 5.74) is 0.941. The van der Waals surface area contributed by atoms with Gasteiger partial charge in [-0.2, -0.15) is 4.98 Å². The number of furan rings is 1. The number of carbonyl (C=O) groups is 1. The molecule has 4 rings (SSSR count). The Labute approximate surface area is 161 Å². The molecule has 1 aliphatic heterocycles. The topological polar surface area (TPSA) is 75.6 Å². The van der Waals surface area contributed by atoms with E-state index in [2.05, 4.69) is 15.0 Å². The van der Waals surface area contributed by atoms with Gasteiger partial charge in [0.1, 0.15) is 0 Å². The van der Waals surface area contributed by atoms with Gasteiger partial charge in [0.05, 0.1) is 12.8 Å². The molecule has 0 radical (unpaired) electrons. The number of thioether (sulfide) groups is 1. The van der Waals surface area contributed by atoms with Crippen LogP contribution in [0.2, 0.25) is 0 Å². The van der Waals surface area contributed by atoms with Gasteiger partial charge in [-0.1, -0.05) is 5.16 Å². The summed E-state index contributed by atoms with van der Waals surface area (Å²) >= 11 is 1.70. The fraction of sp³-hybridized carbons (Fsp3) is 0.316. The van der Waals surface area contributed by atoms with Crippen molar-refractivity contribution in [3.8, 4) is 11.4 Å². The van der Waals surface area contributed by atoms with Crippen LogP contribution in [0.15, 0.2) is 56.5 Å². The lowest BCUT2D eigenvalue weighted by Gasteiger charge is -2.33. The molecule has 0 atom stereocenters. The molecule has 2 aromatic heterocycles. The zero-order valence-electron chi connectivity index (χ0n) is 15.0. The Morgan fingerprint density at radius 3 is 2.59 bits per heavy atom. The van der Waals surface area contributed by atoms with Crippen molar-refractivity contribution < 1.29 is 13.7 Å². The van der Waals surface area contributed by atoms with Crippen LogP contribution in [0.4, 0.5) is 0 Å². The standard InChI is InChI=1S/C19H20N4O3S/c1-27-15-6-4-14(5-7-15)18-20-17(26-21-18)13-22-8-10-23(11-9-22)19(24)16-3-2-12-25-16/h2-7,12H,8-11,13H2,1H3. The molecule has 0 N–H and O–H groups in total. The van der Waals surface area contributed by atoms with E-state index in [9.17, 15) is 4.79 Å². The maximum absolute atomic E-state index is 12.3. The van der Waals surface area contributed by atoms with Crippen molar-refractivity contribution in [1.82, 2.24) is 19.9 Å². The van der Waals surface area contributed by atoms with E-state index in [4.69, 9.17) is 8.94 Å². The van der Waals surface area contributed by atoms with Crippen LogP contribution in [0.1, 0.15) is 16.4 Å². The number of rotatable bonds is 5. The van der Waals surface area contributed by atoms with Crippen LogP contribution in [0.5, 0.6) is 0 Å². The van der Waals surface area contributed by atoms with Gasteiger partial charge in [-0.25, -0.2) is 0 Å². The first kappa shape index (κ1) is 17.8. The fourth-order valence-corrected chi connectivity index (χ4v) is 3.44. The average Bonchev–Trinajstić information content (AvgIpc) is 3.40. The van der Waals surface area contributed by atoms with E-state index in [0.717, 1.165) is 18.7 Å². The number of nitrogens with zero attached hydrogens (tertiary/aromatic N) is 4. The number of carbonyl (C=O) groups excluding carboxylic acids is 1. The number of benzene rings is 1. The van der Waals surface area contributed by atoms with E-state index >= 15 is 0 Å². The van der Waals surface area contributed by atoms with Crippen LogP contribution in [0, 0.1) is 0 Å². The van der Waals surface area contributed by atoms with E-state index < -0.39 is 0 Å². The molecule has 0 spiro atoms. The van der Waals surface area contributed by atoms with Crippen molar-refractivity contribution >= 4 is 17.7 Å². The van der Waals surface area contributed by atoms with Crippen molar-refractivity contribution in [2.45, 2.75) is 11.4 Å². The Hall–Kier alpha value is -2.58. The first-order valence-electron chi connectivity index (χ1n) is 8.75. The summed E-state index contributed by atoms with van der Waals surface area (Å²) in [5.74, 6) is 1.51. The van der Waals surface area contributed by atoms with Crippen molar-refractivity contribution in [1.29, 1.82) is 0 Å². The Morgan fingerprint density at radius 1 is 1.15 bits per heavy atom. The second kappa shape index (κ2) is 7.98. The van der Waals surface area contributed by atoms with Crippen molar-refractivity contribution in [3.63, 3.8) is 0 Å². The third-order valence-corrected chi connectivity index (χ3v) is 5.31. The second-order valence-electron chi connectivity index (χ2n) is 6.29. The number of hydrogen-bond acceptors (Lipinski definition) is 7. The van der Waals surface area contributed by atoms with Gasteiger partial charge in [0, 0.05) is 36.6 Å². The van der Waals surface area contributed by atoms with Gasteiger partial charge in [0.2, 0.25) is 11.7 Å². The quantitative estimate of drug-likeness (QED) is 0.626. The van der Waals surface area contributed by atoms with Crippen LogP contribution in [0.25, 0.3) is 11.4 Å². The maximum atomic E-state index is 12.3. The Morgan fingerprint density at radius 2 is 1.93 bits per heavy atom. The molecule has 0 aliphatic carbocycles. The molecule has 1 aromatic carbocycles. The molecule has 0 bridgehead atoms. The molecule has 3 aromatic rings. The molecule has 1 fully saturated rings. The zero-order chi connectivity index (χ0) is 18.6. The summed E-state index contributed by atoms with van der Waals surface area (Å²) < 4.78 is 10.6.